The first-order chi connectivity index (χ1) is 10.1. The van der Waals surface area contributed by atoms with E-state index in [0.717, 1.165) is 51.9 Å². The van der Waals surface area contributed by atoms with Crippen LogP contribution in [0.15, 0.2) is 0 Å². The summed E-state index contributed by atoms with van der Waals surface area (Å²) < 4.78 is 0. The molecule has 5 heteroatoms. The molecule has 5 nitrogen and oxygen atoms in total. The Hall–Kier alpha value is -1.10. The third kappa shape index (κ3) is 3.39. The highest BCUT2D eigenvalue weighted by atomic mass is 16.4. The summed E-state index contributed by atoms with van der Waals surface area (Å²) in [6.45, 7) is 4.10. The monoisotopic (exact) mass is 294 g/mol. The number of aliphatic carboxylic acids is 1. The molecule has 2 aliphatic heterocycles. The quantitative estimate of drug-likeness (QED) is 0.808. The zero-order valence-electron chi connectivity index (χ0n) is 12.7. The molecule has 1 amide bonds. The molecular formula is C16H26N2O3. The second-order valence-corrected chi connectivity index (χ2v) is 7.10. The molecule has 1 atom stereocenters. The van der Waals surface area contributed by atoms with E-state index in [0.29, 0.717) is 18.9 Å². The number of carbonyl (C=O) groups excluding carboxylic acids is 1. The van der Waals surface area contributed by atoms with E-state index in [1.807, 2.05) is 4.90 Å². The predicted octanol–water partition coefficient (Wildman–Crippen LogP) is 1.58. The minimum atomic E-state index is -0.614. The van der Waals surface area contributed by atoms with E-state index < -0.39 is 11.4 Å². The van der Waals surface area contributed by atoms with Gasteiger partial charge in [0.2, 0.25) is 5.91 Å². The lowest BCUT2D eigenvalue weighted by Crippen LogP contribution is -2.50. The van der Waals surface area contributed by atoms with E-state index in [2.05, 4.69) is 4.90 Å². The Kier molecular flexibility index (Phi) is 4.20. The van der Waals surface area contributed by atoms with Crippen LogP contribution in [-0.4, -0.2) is 59.5 Å². The predicted molar refractivity (Wildman–Crippen MR) is 78.9 cm³/mol. The van der Waals surface area contributed by atoms with E-state index in [-0.39, 0.29) is 5.91 Å². The number of carbonyl (C=O) groups is 2. The van der Waals surface area contributed by atoms with E-state index in [4.69, 9.17) is 0 Å². The van der Waals surface area contributed by atoms with Crippen molar-refractivity contribution < 1.29 is 14.7 Å². The maximum atomic E-state index is 11.8. The zero-order chi connectivity index (χ0) is 14.9. The molecule has 118 valence electrons. The zero-order valence-corrected chi connectivity index (χ0v) is 12.7. The maximum Gasteiger partial charge on any atom is 0.310 e. The molecule has 3 fully saturated rings. The molecule has 2 heterocycles. The standard InChI is InChI=1S/C16H26N2O3/c19-14-3-1-8-18(14)10-9-17-7-2-6-16(12-17,15(20)21)11-13-4-5-13/h13H,1-12H2,(H,20,21)/t16-/m1/s1. The second kappa shape index (κ2) is 5.95. The number of piperidine rings is 1. The average Bonchev–Trinajstić information content (AvgIpc) is 3.17. The maximum absolute atomic E-state index is 11.8. The summed E-state index contributed by atoms with van der Waals surface area (Å²) in [6.07, 6.45) is 6.70. The molecule has 3 aliphatic rings. The molecule has 1 N–H and O–H groups in total. The number of hydrogen-bond donors (Lipinski definition) is 1. The Bertz CT molecular complexity index is 422. The fourth-order valence-corrected chi connectivity index (χ4v) is 3.92. The third-order valence-electron chi connectivity index (χ3n) is 5.34. The molecule has 0 unspecified atom stereocenters. The van der Waals surface area contributed by atoms with E-state index in [1.54, 1.807) is 0 Å². The number of nitrogens with zero attached hydrogens (tertiary/aromatic N) is 2. The lowest BCUT2D eigenvalue weighted by atomic mass is 9.75. The Morgan fingerprint density at radius 2 is 2.05 bits per heavy atom. The Morgan fingerprint density at radius 3 is 2.67 bits per heavy atom. The lowest BCUT2D eigenvalue weighted by molar-refractivity contribution is -0.153. The highest BCUT2D eigenvalue weighted by molar-refractivity contribution is 5.78. The number of amides is 1. The van der Waals surface area contributed by atoms with Crippen molar-refractivity contribution in [1.29, 1.82) is 0 Å². The second-order valence-electron chi connectivity index (χ2n) is 7.10. The molecule has 21 heavy (non-hydrogen) atoms. The molecular weight excluding hydrogens is 268 g/mol. The van der Waals surface area contributed by atoms with Crippen molar-refractivity contribution in [2.75, 3.05) is 32.7 Å². The van der Waals surface area contributed by atoms with Crippen molar-refractivity contribution in [1.82, 2.24) is 9.80 Å². The molecule has 0 spiro atoms. The van der Waals surface area contributed by atoms with Crippen LogP contribution < -0.4 is 0 Å². The fourth-order valence-electron chi connectivity index (χ4n) is 3.92. The van der Waals surface area contributed by atoms with E-state index in [9.17, 15) is 14.7 Å². The van der Waals surface area contributed by atoms with Crippen LogP contribution in [0.25, 0.3) is 0 Å². The largest absolute Gasteiger partial charge is 0.481 e. The van der Waals surface area contributed by atoms with E-state index in [1.165, 1.54) is 12.8 Å². The Morgan fingerprint density at radius 1 is 1.24 bits per heavy atom. The van der Waals surface area contributed by atoms with Gasteiger partial charge in [-0.2, -0.15) is 0 Å². The van der Waals surface area contributed by atoms with Crippen molar-refractivity contribution in [3.63, 3.8) is 0 Å². The first kappa shape index (κ1) is 14.8. The van der Waals surface area contributed by atoms with Gasteiger partial charge in [-0.3, -0.25) is 9.59 Å². The Balaban J connectivity index is 1.56. The van der Waals surface area contributed by atoms with Crippen LogP contribution in [-0.2, 0) is 9.59 Å². The van der Waals surface area contributed by atoms with Gasteiger partial charge in [-0.05, 0) is 38.1 Å². The van der Waals surface area contributed by atoms with Gasteiger partial charge >= 0.3 is 5.97 Å². The minimum Gasteiger partial charge on any atom is -0.481 e. The molecule has 0 aromatic carbocycles. The molecule has 3 rings (SSSR count). The summed E-state index contributed by atoms with van der Waals surface area (Å²) in [4.78, 5) is 27.7. The first-order valence-electron chi connectivity index (χ1n) is 8.33. The molecule has 0 bridgehead atoms. The van der Waals surface area contributed by atoms with Gasteiger partial charge < -0.3 is 14.9 Å². The van der Waals surface area contributed by atoms with Crippen molar-refractivity contribution in [2.45, 2.75) is 44.9 Å². The first-order valence-corrected chi connectivity index (χ1v) is 8.33. The molecule has 1 aliphatic carbocycles. The minimum absolute atomic E-state index is 0.259. The van der Waals surface area contributed by atoms with Gasteiger partial charge in [-0.15, -0.1) is 0 Å². The number of likely N-dealkylation sites (tertiary alicyclic amines) is 2. The summed E-state index contributed by atoms with van der Waals surface area (Å²) in [7, 11) is 0. The average molecular weight is 294 g/mol. The summed E-state index contributed by atoms with van der Waals surface area (Å²) in [5.41, 5.74) is -0.533. The summed E-state index contributed by atoms with van der Waals surface area (Å²) in [6, 6.07) is 0. The van der Waals surface area contributed by atoms with Gasteiger partial charge in [-0.1, -0.05) is 12.8 Å². The van der Waals surface area contributed by atoms with Gasteiger partial charge in [-0.25, -0.2) is 0 Å². The summed E-state index contributed by atoms with van der Waals surface area (Å²) >= 11 is 0. The van der Waals surface area contributed by atoms with Gasteiger partial charge in [0.1, 0.15) is 0 Å². The highest BCUT2D eigenvalue weighted by Crippen LogP contribution is 2.44. The van der Waals surface area contributed by atoms with Gasteiger partial charge in [0.05, 0.1) is 5.41 Å². The molecule has 0 radical (unpaired) electrons. The normalized spacial score (nSPS) is 30.9. The number of carboxylic acid groups (broad SMARTS) is 1. The van der Waals surface area contributed by atoms with Crippen molar-refractivity contribution in [2.24, 2.45) is 11.3 Å². The van der Waals surface area contributed by atoms with Crippen LogP contribution in [0.2, 0.25) is 0 Å². The van der Waals surface area contributed by atoms with Crippen LogP contribution in [0.4, 0.5) is 0 Å². The highest BCUT2D eigenvalue weighted by Gasteiger charge is 2.45. The van der Waals surface area contributed by atoms with Gasteiger partial charge in [0.25, 0.3) is 0 Å². The van der Waals surface area contributed by atoms with Crippen LogP contribution in [0.5, 0.6) is 0 Å². The molecule has 1 saturated carbocycles. The fraction of sp³-hybridized carbons (Fsp3) is 0.875. The number of rotatable bonds is 6. The summed E-state index contributed by atoms with van der Waals surface area (Å²) in [5.74, 6) is 0.284. The SMILES string of the molecule is O=C1CCCN1CCN1CCC[C@](CC2CC2)(C(=O)O)C1. The van der Waals surface area contributed by atoms with Crippen LogP contribution in [0, 0.1) is 11.3 Å². The van der Waals surface area contributed by atoms with Crippen LogP contribution in [0.1, 0.15) is 44.9 Å². The van der Waals surface area contributed by atoms with Crippen molar-refractivity contribution >= 4 is 11.9 Å². The van der Waals surface area contributed by atoms with Crippen molar-refractivity contribution in [3.8, 4) is 0 Å². The topological polar surface area (TPSA) is 60.9 Å². The smallest absolute Gasteiger partial charge is 0.310 e. The van der Waals surface area contributed by atoms with E-state index >= 15 is 0 Å². The van der Waals surface area contributed by atoms with Crippen LogP contribution >= 0.6 is 0 Å². The van der Waals surface area contributed by atoms with Gasteiger partial charge in [0.15, 0.2) is 0 Å². The Labute approximate surface area is 126 Å². The van der Waals surface area contributed by atoms with Crippen molar-refractivity contribution in [3.05, 3.63) is 0 Å². The third-order valence-corrected chi connectivity index (χ3v) is 5.34. The summed E-state index contributed by atoms with van der Waals surface area (Å²) in [5, 5.41) is 9.71. The molecule has 0 aromatic rings. The molecule has 2 saturated heterocycles. The number of hydrogen-bond acceptors (Lipinski definition) is 3. The number of carboxylic acids is 1. The molecule has 0 aromatic heterocycles. The lowest BCUT2D eigenvalue weighted by Gasteiger charge is -2.40. The van der Waals surface area contributed by atoms with Gasteiger partial charge in [0, 0.05) is 32.6 Å². The van der Waals surface area contributed by atoms with Crippen LogP contribution in [0.3, 0.4) is 0 Å².